The number of aryl methyl sites for hydroxylation is 2. The first-order chi connectivity index (χ1) is 15.7. The van der Waals surface area contributed by atoms with Gasteiger partial charge in [0, 0.05) is 30.2 Å². The molecule has 0 saturated carbocycles. The van der Waals surface area contributed by atoms with Crippen LogP contribution in [0.2, 0.25) is 0 Å². The number of fused-ring (bicyclic) bond motifs is 1. The number of rotatable bonds is 6. The van der Waals surface area contributed by atoms with Gasteiger partial charge in [0.2, 0.25) is 0 Å². The molecule has 0 bridgehead atoms. The molecule has 3 heterocycles. The highest BCUT2D eigenvalue weighted by molar-refractivity contribution is 5.84. The molecule has 158 valence electrons. The topological polar surface area (TPSA) is 79.4 Å². The summed E-state index contributed by atoms with van der Waals surface area (Å²) >= 11 is 0. The molecule has 2 N–H and O–H groups in total. The van der Waals surface area contributed by atoms with Crippen molar-refractivity contribution in [3.8, 4) is 22.6 Å². The van der Waals surface area contributed by atoms with Gasteiger partial charge in [-0.25, -0.2) is 4.98 Å². The lowest BCUT2D eigenvalue weighted by Crippen LogP contribution is -2.14. The molecule has 0 aliphatic carbocycles. The van der Waals surface area contributed by atoms with Crippen molar-refractivity contribution in [1.29, 1.82) is 0 Å². The summed E-state index contributed by atoms with van der Waals surface area (Å²) in [5.41, 5.74) is 8.86. The van der Waals surface area contributed by atoms with E-state index in [0.717, 1.165) is 51.7 Å². The summed E-state index contributed by atoms with van der Waals surface area (Å²) in [6.45, 7) is 5.54. The first kappa shape index (κ1) is 20.0. The molecule has 32 heavy (non-hydrogen) atoms. The van der Waals surface area contributed by atoms with Gasteiger partial charge in [0.05, 0.1) is 34.7 Å². The second-order valence-electron chi connectivity index (χ2n) is 7.86. The van der Waals surface area contributed by atoms with Gasteiger partial charge in [-0.15, -0.1) is 0 Å². The van der Waals surface area contributed by atoms with Gasteiger partial charge in [0.1, 0.15) is 5.82 Å². The minimum atomic E-state index is 0.626. The van der Waals surface area contributed by atoms with Crippen LogP contribution in [0, 0.1) is 13.8 Å². The smallest absolute Gasteiger partial charge is 0.121 e. The van der Waals surface area contributed by atoms with Crippen LogP contribution in [0.25, 0.3) is 33.7 Å². The van der Waals surface area contributed by atoms with Gasteiger partial charge in [-0.3, -0.25) is 15.0 Å². The SMILES string of the molecule is Cc1cccc(-c2[nH]c(CNCc3ccccc3C)nc2-c2ccc3nccnc3c2)n1. The summed E-state index contributed by atoms with van der Waals surface area (Å²) in [6.07, 6.45) is 3.41. The van der Waals surface area contributed by atoms with Crippen molar-refractivity contribution in [1.82, 2.24) is 30.2 Å². The zero-order valence-corrected chi connectivity index (χ0v) is 18.1. The van der Waals surface area contributed by atoms with E-state index in [1.54, 1.807) is 12.4 Å². The average molecular weight is 421 g/mol. The highest BCUT2D eigenvalue weighted by Gasteiger charge is 2.16. The molecule has 0 atom stereocenters. The van der Waals surface area contributed by atoms with E-state index in [1.807, 2.05) is 43.3 Å². The number of imidazole rings is 1. The summed E-state index contributed by atoms with van der Waals surface area (Å²) in [7, 11) is 0. The number of H-pyrrole nitrogens is 1. The van der Waals surface area contributed by atoms with Crippen molar-refractivity contribution >= 4 is 11.0 Å². The monoisotopic (exact) mass is 420 g/mol. The van der Waals surface area contributed by atoms with Crippen LogP contribution in [0.5, 0.6) is 0 Å². The Bertz CT molecular complexity index is 1390. The molecule has 5 aromatic rings. The van der Waals surface area contributed by atoms with Crippen molar-refractivity contribution in [2.75, 3.05) is 0 Å². The number of nitrogens with one attached hydrogen (secondary N) is 2. The summed E-state index contributed by atoms with van der Waals surface area (Å²) in [4.78, 5) is 22.0. The lowest BCUT2D eigenvalue weighted by molar-refractivity contribution is 0.667. The van der Waals surface area contributed by atoms with Crippen LogP contribution in [-0.2, 0) is 13.1 Å². The second kappa shape index (κ2) is 8.69. The summed E-state index contributed by atoms with van der Waals surface area (Å²) in [5.74, 6) is 0.867. The van der Waals surface area contributed by atoms with Gasteiger partial charge in [0.15, 0.2) is 0 Å². The maximum absolute atomic E-state index is 4.94. The summed E-state index contributed by atoms with van der Waals surface area (Å²) in [6, 6.07) is 20.5. The molecule has 0 radical (unpaired) electrons. The second-order valence-corrected chi connectivity index (χ2v) is 7.86. The number of aromatic nitrogens is 5. The Morgan fingerprint density at radius 3 is 2.50 bits per heavy atom. The molecule has 6 nitrogen and oxygen atoms in total. The van der Waals surface area contributed by atoms with Crippen molar-refractivity contribution in [3.63, 3.8) is 0 Å². The zero-order valence-electron chi connectivity index (χ0n) is 18.1. The predicted molar refractivity (Wildman–Crippen MR) is 127 cm³/mol. The van der Waals surface area contributed by atoms with E-state index in [-0.39, 0.29) is 0 Å². The maximum atomic E-state index is 4.94. The number of hydrogen-bond acceptors (Lipinski definition) is 5. The van der Waals surface area contributed by atoms with Crippen molar-refractivity contribution < 1.29 is 0 Å². The van der Waals surface area contributed by atoms with Crippen molar-refractivity contribution in [2.24, 2.45) is 0 Å². The molecule has 0 saturated heterocycles. The molecule has 0 spiro atoms. The maximum Gasteiger partial charge on any atom is 0.121 e. The normalized spacial score (nSPS) is 11.2. The highest BCUT2D eigenvalue weighted by Crippen LogP contribution is 2.30. The molecule has 2 aromatic carbocycles. The van der Waals surface area contributed by atoms with Gasteiger partial charge in [-0.1, -0.05) is 36.4 Å². The van der Waals surface area contributed by atoms with Crippen LogP contribution in [0.3, 0.4) is 0 Å². The van der Waals surface area contributed by atoms with Crippen LogP contribution in [0.4, 0.5) is 0 Å². The predicted octanol–water partition coefficient (Wildman–Crippen LogP) is 4.99. The van der Waals surface area contributed by atoms with E-state index in [4.69, 9.17) is 9.97 Å². The molecule has 6 heteroatoms. The van der Waals surface area contributed by atoms with Crippen molar-refractivity contribution in [2.45, 2.75) is 26.9 Å². The zero-order chi connectivity index (χ0) is 21.9. The Morgan fingerprint density at radius 2 is 1.66 bits per heavy atom. The third-order valence-electron chi connectivity index (χ3n) is 5.51. The first-order valence-corrected chi connectivity index (χ1v) is 10.7. The van der Waals surface area contributed by atoms with Gasteiger partial charge in [-0.2, -0.15) is 0 Å². The van der Waals surface area contributed by atoms with Crippen LogP contribution >= 0.6 is 0 Å². The first-order valence-electron chi connectivity index (χ1n) is 10.7. The van der Waals surface area contributed by atoms with Gasteiger partial charge >= 0.3 is 0 Å². The molecule has 0 amide bonds. The highest BCUT2D eigenvalue weighted by atomic mass is 15.0. The van der Waals surface area contributed by atoms with Crippen LogP contribution < -0.4 is 5.32 Å². The molecule has 3 aromatic heterocycles. The Hall–Kier alpha value is -3.90. The van der Waals surface area contributed by atoms with Gasteiger partial charge < -0.3 is 10.3 Å². The molecule has 0 unspecified atom stereocenters. The number of benzene rings is 2. The minimum Gasteiger partial charge on any atom is -0.339 e. The van der Waals surface area contributed by atoms with Crippen molar-refractivity contribution in [3.05, 3.63) is 95.7 Å². The standard InChI is InChI=1S/C26H24N6/c1-17-6-3-4-8-20(17)15-27-16-24-31-25(26(32-24)22-9-5-7-18(2)30-22)19-10-11-21-23(14-19)29-13-12-28-21/h3-14,27H,15-16H2,1-2H3,(H,31,32). The van der Waals surface area contributed by atoms with Gasteiger partial charge in [-0.05, 0) is 49.2 Å². The molecule has 0 fully saturated rings. The minimum absolute atomic E-state index is 0.626. The lowest BCUT2D eigenvalue weighted by atomic mass is 10.1. The fourth-order valence-electron chi connectivity index (χ4n) is 3.82. The summed E-state index contributed by atoms with van der Waals surface area (Å²) in [5, 5.41) is 3.51. The molecule has 0 aliphatic rings. The Balaban J connectivity index is 1.49. The Kier molecular flexibility index (Phi) is 5.44. The van der Waals surface area contributed by atoms with E-state index in [1.165, 1.54) is 11.1 Å². The van der Waals surface area contributed by atoms with E-state index >= 15 is 0 Å². The van der Waals surface area contributed by atoms with E-state index in [0.29, 0.717) is 6.54 Å². The average Bonchev–Trinajstić information content (AvgIpc) is 3.24. The number of nitrogens with zero attached hydrogens (tertiary/aromatic N) is 4. The van der Waals surface area contributed by atoms with E-state index in [9.17, 15) is 0 Å². The van der Waals surface area contributed by atoms with E-state index in [2.05, 4.69) is 51.5 Å². The molecule has 5 rings (SSSR count). The number of pyridine rings is 1. The fraction of sp³-hybridized carbons (Fsp3) is 0.154. The molecular formula is C26H24N6. The number of hydrogen-bond donors (Lipinski definition) is 2. The Morgan fingerprint density at radius 1 is 0.812 bits per heavy atom. The number of aromatic amines is 1. The largest absolute Gasteiger partial charge is 0.339 e. The van der Waals surface area contributed by atoms with Crippen LogP contribution in [0.15, 0.2) is 73.1 Å². The van der Waals surface area contributed by atoms with Crippen LogP contribution in [0.1, 0.15) is 22.6 Å². The third-order valence-corrected chi connectivity index (χ3v) is 5.51. The fourth-order valence-corrected chi connectivity index (χ4v) is 3.82. The van der Waals surface area contributed by atoms with E-state index < -0.39 is 0 Å². The molecular weight excluding hydrogens is 396 g/mol. The Labute approximate surface area is 186 Å². The van der Waals surface area contributed by atoms with Gasteiger partial charge in [0.25, 0.3) is 0 Å². The van der Waals surface area contributed by atoms with Crippen LogP contribution in [-0.4, -0.2) is 24.9 Å². The third kappa shape index (κ3) is 4.13. The molecule has 0 aliphatic heterocycles. The summed E-state index contributed by atoms with van der Waals surface area (Å²) < 4.78 is 0. The lowest BCUT2D eigenvalue weighted by Gasteiger charge is -2.06. The quantitative estimate of drug-likeness (QED) is 0.405.